The summed E-state index contributed by atoms with van der Waals surface area (Å²) in [6.07, 6.45) is -3.67. The predicted molar refractivity (Wildman–Crippen MR) is 204 cm³/mol. The van der Waals surface area contributed by atoms with Gasteiger partial charge in [-0.05, 0) is 62.4 Å². The molecule has 4 aromatic carbocycles. The van der Waals surface area contributed by atoms with Crippen molar-refractivity contribution in [1.29, 1.82) is 0 Å². The van der Waals surface area contributed by atoms with Crippen LogP contribution >= 0.6 is 0 Å². The van der Waals surface area contributed by atoms with Gasteiger partial charge < -0.3 is 36.3 Å². The summed E-state index contributed by atoms with van der Waals surface area (Å²) in [5.41, 5.74) is 16.3. The number of nitrogens with one attached hydrogen (secondary N) is 2. The highest BCUT2D eigenvalue weighted by Gasteiger charge is 2.43. The number of imidazole rings is 2. The zero-order valence-corrected chi connectivity index (χ0v) is 29.8. The molecule has 9 rings (SSSR count). The maximum absolute atomic E-state index is 13.9. The molecule has 0 saturated heterocycles. The van der Waals surface area contributed by atoms with Crippen LogP contribution in [0.25, 0.3) is 34.0 Å². The first kappa shape index (κ1) is 35.4. The van der Waals surface area contributed by atoms with Gasteiger partial charge in [0.1, 0.15) is 34.9 Å². The molecule has 0 aliphatic carbocycles. The number of nitrogen functional groups attached to an aromatic ring is 2. The second-order valence-corrected chi connectivity index (χ2v) is 12.4. The second-order valence-electron chi connectivity index (χ2n) is 12.4. The summed E-state index contributed by atoms with van der Waals surface area (Å²) >= 11 is 0. The first-order chi connectivity index (χ1) is 26.9. The molecule has 1 aliphatic heterocycles. The predicted octanol–water partition coefficient (Wildman–Crippen LogP) is 7.37. The highest BCUT2D eigenvalue weighted by atomic mass is 19.3. The zero-order chi connectivity index (χ0) is 39.1. The Morgan fingerprint density at radius 3 is 1.66 bits per heavy atom. The lowest BCUT2D eigenvalue weighted by Gasteiger charge is -2.11. The van der Waals surface area contributed by atoms with Crippen LogP contribution in [-0.2, 0) is 0 Å². The van der Waals surface area contributed by atoms with Crippen LogP contribution < -0.4 is 36.3 Å². The number of aromatic nitrogens is 8. The second kappa shape index (κ2) is 14.0. The van der Waals surface area contributed by atoms with Crippen LogP contribution in [0, 0.1) is 19.7 Å². The molecule has 15 nitrogen and oxygen atoms in total. The molecule has 0 spiro atoms. The SMILES string of the molecule is COc1ccc(Nc2cc(N)nc(-n3c(C)nc4ccccc43)n2)cc1F.Cc1nc2ccccc2n1-c1nc(N)cc(Nc2ccc3c(c2)OC(F)(F)O3)n1. The van der Waals surface area contributed by atoms with E-state index in [4.69, 9.17) is 16.2 Å². The lowest BCUT2D eigenvalue weighted by Crippen LogP contribution is -2.25. The number of nitrogens with two attached hydrogens (primary N) is 2. The third-order valence-corrected chi connectivity index (χ3v) is 8.42. The number of benzene rings is 4. The lowest BCUT2D eigenvalue weighted by molar-refractivity contribution is -0.286. The number of hydrogen-bond donors (Lipinski definition) is 4. The molecule has 4 aromatic heterocycles. The van der Waals surface area contributed by atoms with Gasteiger partial charge in [-0.3, -0.25) is 9.13 Å². The van der Waals surface area contributed by atoms with E-state index >= 15 is 0 Å². The van der Waals surface area contributed by atoms with Gasteiger partial charge in [0.2, 0.25) is 11.9 Å². The van der Waals surface area contributed by atoms with E-state index < -0.39 is 12.1 Å². The van der Waals surface area contributed by atoms with Crippen LogP contribution in [-0.4, -0.2) is 52.4 Å². The minimum atomic E-state index is -3.67. The molecule has 56 heavy (non-hydrogen) atoms. The number of anilines is 6. The first-order valence-electron chi connectivity index (χ1n) is 16.9. The Labute approximate surface area is 315 Å². The highest BCUT2D eigenvalue weighted by Crippen LogP contribution is 2.42. The summed E-state index contributed by atoms with van der Waals surface area (Å²) in [4.78, 5) is 26.7. The van der Waals surface area contributed by atoms with Crippen molar-refractivity contribution >= 4 is 56.7 Å². The monoisotopic (exact) mass is 760 g/mol. The van der Waals surface area contributed by atoms with E-state index in [9.17, 15) is 13.2 Å². The van der Waals surface area contributed by atoms with Crippen LogP contribution in [0.15, 0.2) is 97.1 Å². The molecule has 0 radical (unpaired) electrons. The van der Waals surface area contributed by atoms with E-state index in [1.165, 1.54) is 37.4 Å². The van der Waals surface area contributed by atoms with Gasteiger partial charge in [0.05, 0.1) is 29.2 Å². The number of halogens is 3. The van der Waals surface area contributed by atoms with E-state index in [0.29, 0.717) is 40.7 Å². The maximum atomic E-state index is 13.9. The van der Waals surface area contributed by atoms with Crippen molar-refractivity contribution < 1.29 is 27.4 Å². The molecule has 6 N–H and O–H groups in total. The Bertz CT molecular complexity index is 2770. The number of nitrogens with zero attached hydrogens (tertiary/aromatic N) is 8. The number of para-hydroxylation sites is 4. The summed E-state index contributed by atoms with van der Waals surface area (Å²) in [6.45, 7) is 3.72. The van der Waals surface area contributed by atoms with Crippen molar-refractivity contribution in [2.75, 3.05) is 29.2 Å². The fraction of sp³-hybridized carbons (Fsp3) is 0.105. The molecule has 5 heterocycles. The van der Waals surface area contributed by atoms with Crippen LogP contribution in [0.4, 0.5) is 47.8 Å². The van der Waals surface area contributed by atoms with E-state index in [-0.39, 0.29) is 28.9 Å². The van der Waals surface area contributed by atoms with E-state index in [0.717, 1.165) is 27.9 Å². The average Bonchev–Trinajstić information content (AvgIpc) is 3.78. The van der Waals surface area contributed by atoms with E-state index in [1.807, 2.05) is 66.9 Å². The van der Waals surface area contributed by atoms with Gasteiger partial charge in [-0.2, -0.15) is 19.9 Å². The number of hydrogen-bond acceptors (Lipinski definition) is 13. The van der Waals surface area contributed by atoms with Crippen molar-refractivity contribution in [3.63, 3.8) is 0 Å². The summed E-state index contributed by atoms with van der Waals surface area (Å²) in [5, 5.41) is 6.07. The van der Waals surface area contributed by atoms with Crippen LogP contribution in [0.1, 0.15) is 11.6 Å². The number of fused-ring (bicyclic) bond motifs is 3. The number of rotatable bonds is 7. The van der Waals surface area contributed by atoms with E-state index in [2.05, 4.69) is 50.0 Å². The maximum Gasteiger partial charge on any atom is 0.586 e. The minimum absolute atomic E-state index is 0.0380. The Kier molecular flexibility index (Phi) is 8.84. The Morgan fingerprint density at radius 2 is 1.12 bits per heavy atom. The molecule has 0 bridgehead atoms. The number of alkyl halides is 2. The molecule has 18 heteroatoms. The van der Waals surface area contributed by atoms with Gasteiger partial charge >= 0.3 is 6.29 Å². The topological polar surface area (TPSA) is 191 Å². The van der Waals surface area contributed by atoms with Crippen LogP contribution in [0.5, 0.6) is 17.2 Å². The lowest BCUT2D eigenvalue weighted by atomic mass is 10.3. The smallest absolute Gasteiger partial charge is 0.494 e. The van der Waals surface area contributed by atoms with Crippen molar-refractivity contribution in [2.45, 2.75) is 20.1 Å². The molecule has 1 aliphatic rings. The molecule has 0 atom stereocenters. The summed E-state index contributed by atoms with van der Waals surface area (Å²) in [5.74, 6) is 3.11. The largest absolute Gasteiger partial charge is 0.586 e. The van der Waals surface area contributed by atoms with E-state index in [1.54, 1.807) is 22.8 Å². The van der Waals surface area contributed by atoms with Gasteiger partial charge in [-0.1, -0.05) is 24.3 Å². The third kappa shape index (κ3) is 7.05. The van der Waals surface area contributed by atoms with Gasteiger partial charge in [0.15, 0.2) is 23.1 Å². The fourth-order valence-corrected chi connectivity index (χ4v) is 6.10. The standard InChI is InChI=1S/C19H14F2N6O2.C19H17FN6O/c1-10-23-12-4-2-3-5-13(12)27(10)18-25-16(22)9-17(26-18)24-11-6-7-14-15(8-11)29-19(20,21)28-14;1-11-22-14-5-3-4-6-15(14)26(11)19-24-17(21)10-18(25-19)23-12-7-8-16(27-2)13(20)9-12/h2-9H,1H3,(H3,22,24,25,26);3-10H,1-2H3,(H3,21,23,24,25). The average molecular weight is 761 g/mol. The molecule has 0 fully saturated rings. The van der Waals surface area contributed by atoms with Crippen LogP contribution in [0.2, 0.25) is 0 Å². The third-order valence-electron chi connectivity index (χ3n) is 8.42. The Morgan fingerprint density at radius 1 is 0.625 bits per heavy atom. The summed E-state index contributed by atoms with van der Waals surface area (Å²) in [7, 11) is 1.42. The van der Waals surface area contributed by atoms with Crippen molar-refractivity contribution in [3.05, 3.63) is 115 Å². The molecule has 0 unspecified atom stereocenters. The molecular weight excluding hydrogens is 729 g/mol. The van der Waals surface area contributed by atoms with Gasteiger partial charge in [0, 0.05) is 35.6 Å². The van der Waals surface area contributed by atoms with Gasteiger partial charge in [-0.15, -0.1) is 8.78 Å². The normalized spacial score (nSPS) is 12.7. The number of methoxy groups -OCH3 is 1. The molecular formula is C38H31F3N12O3. The molecule has 0 saturated carbocycles. The van der Waals surface area contributed by atoms with Crippen molar-refractivity contribution in [1.82, 2.24) is 39.0 Å². The Balaban J connectivity index is 0.000000158. The van der Waals surface area contributed by atoms with Gasteiger partial charge in [0.25, 0.3) is 0 Å². The number of aryl methyl sites for hydroxylation is 2. The summed E-state index contributed by atoms with van der Waals surface area (Å²) < 4.78 is 57.8. The van der Waals surface area contributed by atoms with Crippen molar-refractivity contribution in [2.24, 2.45) is 0 Å². The number of ether oxygens (including phenoxy) is 3. The molecule has 8 aromatic rings. The fourth-order valence-electron chi connectivity index (χ4n) is 6.10. The molecule has 0 amide bonds. The first-order valence-corrected chi connectivity index (χ1v) is 16.9. The Hall–Kier alpha value is -7.63. The molecule has 282 valence electrons. The quantitative estimate of drug-likeness (QED) is 0.126. The van der Waals surface area contributed by atoms with Gasteiger partial charge in [-0.25, -0.2) is 14.4 Å². The van der Waals surface area contributed by atoms with Crippen molar-refractivity contribution in [3.8, 4) is 29.1 Å². The van der Waals surface area contributed by atoms with Crippen LogP contribution in [0.3, 0.4) is 0 Å². The highest BCUT2D eigenvalue weighted by molar-refractivity contribution is 5.79. The zero-order valence-electron chi connectivity index (χ0n) is 29.8. The minimum Gasteiger partial charge on any atom is -0.494 e. The summed E-state index contributed by atoms with van der Waals surface area (Å²) in [6, 6.07) is 27.3.